The van der Waals surface area contributed by atoms with Crippen molar-refractivity contribution in [2.24, 2.45) is 5.10 Å². The Morgan fingerprint density at radius 2 is 1.43 bits per heavy atom. The van der Waals surface area contributed by atoms with E-state index in [9.17, 15) is 14.4 Å². The molecule has 3 rings (SSSR count). The topological polar surface area (TPSA) is 96.9 Å². The van der Waals surface area contributed by atoms with Gasteiger partial charge in [0.15, 0.2) is 0 Å². The molecule has 2 N–H and O–H groups in total. The molecule has 0 aliphatic rings. The van der Waals surface area contributed by atoms with Crippen molar-refractivity contribution in [1.82, 2.24) is 10.7 Å². The molecule has 0 unspecified atom stereocenters. The average molecular weight is 592 g/mol. The van der Waals surface area contributed by atoms with Gasteiger partial charge in [0.2, 0.25) is 5.91 Å². The number of hydrazone groups is 1. The van der Waals surface area contributed by atoms with Crippen LogP contribution in [0.4, 0.5) is 0 Å². The van der Waals surface area contributed by atoms with Gasteiger partial charge in [0.25, 0.3) is 5.91 Å². The summed E-state index contributed by atoms with van der Waals surface area (Å²) in [7, 11) is 0. The molecule has 7 nitrogen and oxygen atoms in total. The fraction of sp³-hybridized carbons (Fsp3) is 0.412. The standard InChI is InChI=1S/C34H42ClN3O4/c1-2-3-4-5-6-7-8-9-10-11-12-21-32(39)36-25-33(40)38-37-24-29-27-18-14-13-17-26(27)22-23-31(29)42-34(41)28-19-15-16-20-30(28)35/h13-20,22-24H,2-12,21,25H2,1H3,(H,36,39)(H,38,40)/b37-24+. The first-order valence-corrected chi connectivity index (χ1v) is 15.4. The van der Waals surface area contributed by atoms with Gasteiger partial charge in [0.05, 0.1) is 23.3 Å². The highest BCUT2D eigenvalue weighted by molar-refractivity contribution is 6.33. The van der Waals surface area contributed by atoms with Crippen LogP contribution < -0.4 is 15.5 Å². The minimum absolute atomic E-state index is 0.145. The van der Waals surface area contributed by atoms with E-state index >= 15 is 0 Å². The Hall–Kier alpha value is -3.71. The van der Waals surface area contributed by atoms with Crippen LogP contribution in [0, 0.1) is 0 Å². The molecule has 0 radical (unpaired) electrons. The number of amides is 2. The molecule has 0 saturated heterocycles. The highest BCUT2D eigenvalue weighted by Gasteiger charge is 2.16. The van der Waals surface area contributed by atoms with Crippen LogP contribution in [-0.4, -0.2) is 30.5 Å². The number of carbonyl (C=O) groups is 3. The zero-order valence-corrected chi connectivity index (χ0v) is 25.3. The molecule has 0 heterocycles. The number of hydrogen-bond donors (Lipinski definition) is 2. The maximum atomic E-state index is 12.8. The summed E-state index contributed by atoms with van der Waals surface area (Å²) < 4.78 is 5.66. The van der Waals surface area contributed by atoms with Crippen LogP contribution >= 0.6 is 11.6 Å². The number of ether oxygens (including phenoxy) is 1. The molecule has 3 aromatic carbocycles. The lowest BCUT2D eigenvalue weighted by Gasteiger charge is -2.11. The van der Waals surface area contributed by atoms with E-state index in [4.69, 9.17) is 16.3 Å². The van der Waals surface area contributed by atoms with Gasteiger partial charge >= 0.3 is 5.97 Å². The molecule has 0 atom stereocenters. The third-order valence-corrected chi connectivity index (χ3v) is 7.39. The highest BCUT2D eigenvalue weighted by Crippen LogP contribution is 2.28. The molecule has 0 aromatic heterocycles. The predicted octanol–water partition coefficient (Wildman–Crippen LogP) is 7.98. The molecule has 0 saturated carbocycles. The van der Waals surface area contributed by atoms with E-state index in [1.807, 2.05) is 30.3 Å². The smallest absolute Gasteiger partial charge is 0.345 e. The van der Waals surface area contributed by atoms with Crippen LogP contribution in [0.2, 0.25) is 5.02 Å². The maximum Gasteiger partial charge on any atom is 0.345 e. The zero-order chi connectivity index (χ0) is 30.0. The molecular weight excluding hydrogens is 550 g/mol. The summed E-state index contributed by atoms with van der Waals surface area (Å²) in [6.07, 6.45) is 15.3. The van der Waals surface area contributed by atoms with E-state index in [0.717, 1.165) is 30.0 Å². The molecule has 0 spiro atoms. The average Bonchev–Trinajstić information content (AvgIpc) is 2.99. The maximum absolute atomic E-state index is 12.8. The summed E-state index contributed by atoms with van der Waals surface area (Å²) in [5.41, 5.74) is 3.20. The molecule has 3 aromatic rings. The minimum atomic E-state index is -0.602. The summed E-state index contributed by atoms with van der Waals surface area (Å²) in [5.74, 6) is -0.923. The zero-order valence-electron chi connectivity index (χ0n) is 24.5. The Morgan fingerprint density at radius 3 is 2.14 bits per heavy atom. The quantitative estimate of drug-likeness (QED) is 0.0515. The summed E-state index contributed by atoms with van der Waals surface area (Å²) in [5, 5.41) is 8.71. The van der Waals surface area contributed by atoms with E-state index in [1.54, 1.807) is 30.3 Å². The van der Waals surface area contributed by atoms with Gasteiger partial charge in [0, 0.05) is 12.0 Å². The number of fused-ring (bicyclic) bond motifs is 1. The van der Waals surface area contributed by atoms with Gasteiger partial charge in [-0.05, 0) is 35.4 Å². The third-order valence-electron chi connectivity index (χ3n) is 7.06. The number of nitrogens with one attached hydrogen (secondary N) is 2. The number of benzene rings is 3. The number of halogens is 1. The Kier molecular flexibility index (Phi) is 14.6. The summed E-state index contributed by atoms with van der Waals surface area (Å²) in [6, 6.07) is 17.7. The fourth-order valence-corrected chi connectivity index (χ4v) is 4.92. The lowest BCUT2D eigenvalue weighted by molar-refractivity contribution is -0.126. The second-order valence-electron chi connectivity index (χ2n) is 10.4. The lowest BCUT2D eigenvalue weighted by Crippen LogP contribution is -2.34. The summed E-state index contributed by atoms with van der Waals surface area (Å²) in [6.45, 7) is 2.07. The number of nitrogens with zero attached hydrogens (tertiary/aromatic N) is 1. The Balaban J connectivity index is 1.42. The third kappa shape index (κ3) is 11.3. The second kappa shape index (κ2) is 18.7. The van der Waals surface area contributed by atoms with E-state index in [-0.39, 0.29) is 28.8 Å². The van der Waals surface area contributed by atoms with Crippen molar-refractivity contribution >= 4 is 46.4 Å². The molecule has 0 aliphatic heterocycles. The number of rotatable bonds is 18. The van der Waals surface area contributed by atoms with Crippen molar-refractivity contribution in [3.8, 4) is 5.75 Å². The predicted molar refractivity (Wildman–Crippen MR) is 170 cm³/mol. The molecule has 2 amide bonds. The van der Waals surface area contributed by atoms with Gasteiger partial charge in [-0.15, -0.1) is 0 Å². The van der Waals surface area contributed by atoms with Crippen LogP contribution in [-0.2, 0) is 9.59 Å². The second-order valence-corrected chi connectivity index (χ2v) is 10.8. The van der Waals surface area contributed by atoms with Crippen molar-refractivity contribution in [2.45, 2.75) is 84.0 Å². The van der Waals surface area contributed by atoms with Crippen LogP contribution in [0.25, 0.3) is 10.8 Å². The normalized spacial score (nSPS) is 11.1. The first-order valence-electron chi connectivity index (χ1n) is 15.1. The molecular formula is C34H42ClN3O4. The molecule has 8 heteroatoms. The minimum Gasteiger partial charge on any atom is -0.422 e. The summed E-state index contributed by atoms with van der Waals surface area (Å²) >= 11 is 6.16. The number of carbonyl (C=O) groups excluding carboxylic acids is 3. The molecule has 224 valence electrons. The lowest BCUT2D eigenvalue weighted by atomic mass is 10.0. The van der Waals surface area contributed by atoms with Gasteiger partial charge in [-0.2, -0.15) is 5.10 Å². The van der Waals surface area contributed by atoms with Crippen LogP contribution in [0.1, 0.15) is 99.9 Å². The Labute approximate surface area is 254 Å². The van der Waals surface area contributed by atoms with Crippen molar-refractivity contribution in [3.63, 3.8) is 0 Å². The van der Waals surface area contributed by atoms with Crippen LogP contribution in [0.5, 0.6) is 5.75 Å². The number of esters is 1. The van der Waals surface area contributed by atoms with Crippen molar-refractivity contribution < 1.29 is 19.1 Å². The Bertz CT molecular complexity index is 1340. The molecule has 0 fully saturated rings. The van der Waals surface area contributed by atoms with Gasteiger partial charge in [-0.3, -0.25) is 9.59 Å². The number of unbranched alkanes of at least 4 members (excludes halogenated alkanes) is 10. The monoisotopic (exact) mass is 591 g/mol. The molecule has 0 aliphatic carbocycles. The van der Waals surface area contributed by atoms with Crippen LogP contribution in [0.3, 0.4) is 0 Å². The van der Waals surface area contributed by atoms with Gasteiger partial charge in [-0.25, -0.2) is 10.2 Å². The first kappa shape index (κ1) is 32.8. The Morgan fingerprint density at radius 1 is 0.786 bits per heavy atom. The van der Waals surface area contributed by atoms with Gasteiger partial charge < -0.3 is 10.1 Å². The van der Waals surface area contributed by atoms with Gasteiger partial charge in [-0.1, -0.05) is 125 Å². The van der Waals surface area contributed by atoms with E-state index in [1.165, 1.54) is 57.6 Å². The van der Waals surface area contributed by atoms with Crippen molar-refractivity contribution in [3.05, 3.63) is 76.8 Å². The first-order chi connectivity index (χ1) is 20.5. The van der Waals surface area contributed by atoms with Gasteiger partial charge in [0.1, 0.15) is 5.75 Å². The molecule has 42 heavy (non-hydrogen) atoms. The van der Waals surface area contributed by atoms with Crippen molar-refractivity contribution in [1.29, 1.82) is 0 Å². The fourth-order valence-electron chi connectivity index (χ4n) is 4.70. The van der Waals surface area contributed by atoms with Crippen LogP contribution in [0.15, 0.2) is 65.8 Å². The van der Waals surface area contributed by atoms with E-state index in [2.05, 4.69) is 22.8 Å². The largest absolute Gasteiger partial charge is 0.422 e. The van der Waals surface area contributed by atoms with E-state index in [0.29, 0.717) is 12.0 Å². The van der Waals surface area contributed by atoms with E-state index < -0.39 is 11.9 Å². The highest BCUT2D eigenvalue weighted by atomic mass is 35.5. The van der Waals surface area contributed by atoms with Crippen molar-refractivity contribution in [2.75, 3.05) is 6.54 Å². The molecule has 0 bridgehead atoms. The SMILES string of the molecule is CCCCCCCCCCCCCC(=O)NCC(=O)N/N=C/c1c(OC(=O)c2ccccc2Cl)ccc2ccccc12. The summed E-state index contributed by atoms with van der Waals surface area (Å²) in [4.78, 5) is 37.2. The number of hydrogen-bond acceptors (Lipinski definition) is 5.